The van der Waals surface area contributed by atoms with E-state index in [2.05, 4.69) is 23.5 Å². The minimum absolute atomic E-state index is 0.00332. The number of nitro groups is 1. The summed E-state index contributed by atoms with van der Waals surface area (Å²) in [5.41, 5.74) is 3.10. The number of hydrogen-bond acceptors (Lipinski definition) is 4. The van der Waals surface area contributed by atoms with Crippen molar-refractivity contribution in [1.82, 2.24) is 0 Å². The lowest BCUT2D eigenvalue weighted by atomic mass is 9.77. The molecule has 2 aliphatic rings. The standard InChI is InChI=1S/C20H19ClN2O3/c1-2-26-13-7-9-18-16(11-13)14-4-3-5-15(14)20(22-18)12-6-8-17(21)19(10-12)23(24)25/h3-4,6-11,14-15,20,22H,2,5H2,1H3. The van der Waals surface area contributed by atoms with Gasteiger partial charge in [0.1, 0.15) is 10.8 Å². The van der Waals surface area contributed by atoms with Gasteiger partial charge in [0.15, 0.2) is 0 Å². The van der Waals surface area contributed by atoms with Gasteiger partial charge < -0.3 is 10.1 Å². The third kappa shape index (κ3) is 2.82. The van der Waals surface area contributed by atoms with Crippen LogP contribution in [0.1, 0.15) is 36.4 Å². The summed E-state index contributed by atoms with van der Waals surface area (Å²) in [5, 5.41) is 15.0. The first-order valence-corrected chi connectivity index (χ1v) is 9.10. The third-order valence-corrected chi connectivity index (χ3v) is 5.49. The SMILES string of the molecule is CCOc1ccc2c(c1)C1C=CCC1C(c1ccc(Cl)c([N+](=O)[O-])c1)N2. The Balaban J connectivity index is 1.74. The molecular formula is C20H19ClN2O3. The average Bonchev–Trinajstić information content (AvgIpc) is 3.12. The summed E-state index contributed by atoms with van der Waals surface area (Å²) in [7, 11) is 0. The lowest BCUT2D eigenvalue weighted by molar-refractivity contribution is -0.384. The predicted molar refractivity (Wildman–Crippen MR) is 102 cm³/mol. The van der Waals surface area contributed by atoms with Crippen LogP contribution in [0.4, 0.5) is 11.4 Å². The van der Waals surface area contributed by atoms with Crippen LogP contribution in [0.15, 0.2) is 48.6 Å². The van der Waals surface area contributed by atoms with Gasteiger partial charge in [0, 0.05) is 17.7 Å². The molecule has 0 bridgehead atoms. The fourth-order valence-electron chi connectivity index (χ4n) is 4.02. The van der Waals surface area contributed by atoms with E-state index in [0.29, 0.717) is 12.5 Å². The van der Waals surface area contributed by atoms with E-state index in [9.17, 15) is 10.1 Å². The van der Waals surface area contributed by atoms with Crippen LogP contribution in [-0.4, -0.2) is 11.5 Å². The Hall–Kier alpha value is -2.53. The van der Waals surface area contributed by atoms with Gasteiger partial charge in [0.2, 0.25) is 0 Å². The lowest BCUT2D eigenvalue weighted by Crippen LogP contribution is -2.29. The Labute approximate surface area is 156 Å². The van der Waals surface area contributed by atoms with Crippen molar-refractivity contribution in [3.05, 3.63) is 74.8 Å². The van der Waals surface area contributed by atoms with Crippen molar-refractivity contribution in [2.45, 2.75) is 25.3 Å². The number of nitro benzene ring substituents is 1. The molecule has 2 aromatic carbocycles. The van der Waals surface area contributed by atoms with Crippen LogP contribution < -0.4 is 10.1 Å². The number of rotatable bonds is 4. The zero-order valence-electron chi connectivity index (χ0n) is 14.3. The van der Waals surface area contributed by atoms with E-state index in [4.69, 9.17) is 16.3 Å². The number of benzene rings is 2. The minimum Gasteiger partial charge on any atom is -0.494 e. The highest BCUT2D eigenvalue weighted by atomic mass is 35.5. The normalized spacial score (nSPS) is 23.1. The molecule has 0 spiro atoms. The molecule has 5 nitrogen and oxygen atoms in total. The molecule has 1 aliphatic heterocycles. The molecule has 6 heteroatoms. The summed E-state index contributed by atoms with van der Waals surface area (Å²) in [5.74, 6) is 1.44. The number of nitrogens with zero attached hydrogens (tertiary/aromatic N) is 1. The molecule has 2 aromatic rings. The fourth-order valence-corrected chi connectivity index (χ4v) is 4.21. The number of fused-ring (bicyclic) bond motifs is 3. The smallest absolute Gasteiger partial charge is 0.288 e. The van der Waals surface area contributed by atoms with Gasteiger partial charge in [-0.25, -0.2) is 0 Å². The summed E-state index contributed by atoms with van der Waals surface area (Å²) in [6.07, 6.45) is 5.35. The molecule has 1 aliphatic carbocycles. The molecule has 26 heavy (non-hydrogen) atoms. The van der Waals surface area contributed by atoms with Crippen molar-refractivity contribution < 1.29 is 9.66 Å². The summed E-state index contributed by atoms with van der Waals surface area (Å²) >= 11 is 5.98. The maximum atomic E-state index is 11.3. The molecule has 0 saturated heterocycles. The molecular weight excluding hydrogens is 352 g/mol. The van der Waals surface area contributed by atoms with Crippen molar-refractivity contribution in [2.75, 3.05) is 11.9 Å². The molecule has 1 heterocycles. The second kappa shape index (κ2) is 6.65. The van der Waals surface area contributed by atoms with Crippen LogP contribution in [0.25, 0.3) is 0 Å². The Morgan fingerprint density at radius 3 is 2.92 bits per heavy atom. The third-order valence-electron chi connectivity index (χ3n) is 5.17. The highest BCUT2D eigenvalue weighted by Gasteiger charge is 2.38. The molecule has 4 rings (SSSR count). The topological polar surface area (TPSA) is 64.4 Å². The maximum absolute atomic E-state index is 11.3. The van der Waals surface area contributed by atoms with Crippen LogP contribution in [0.2, 0.25) is 5.02 Å². The zero-order chi connectivity index (χ0) is 18.3. The van der Waals surface area contributed by atoms with E-state index in [1.807, 2.05) is 25.1 Å². The maximum Gasteiger partial charge on any atom is 0.288 e. The number of allylic oxidation sites excluding steroid dienone is 2. The molecule has 0 aromatic heterocycles. The fraction of sp³-hybridized carbons (Fsp3) is 0.300. The molecule has 0 fully saturated rings. The number of hydrogen-bond donors (Lipinski definition) is 1. The van der Waals surface area contributed by atoms with Gasteiger partial charge in [-0.3, -0.25) is 10.1 Å². The number of halogens is 1. The lowest BCUT2D eigenvalue weighted by Gasteiger charge is -2.37. The molecule has 0 amide bonds. The van der Waals surface area contributed by atoms with Crippen LogP contribution in [0.3, 0.4) is 0 Å². The summed E-state index contributed by atoms with van der Waals surface area (Å²) in [6.45, 7) is 2.60. The number of anilines is 1. The van der Waals surface area contributed by atoms with Gasteiger partial charge in [0.05, 0.1) is 17.6 Å². The molecule has 134 valence electrons. The van der Waals surface area contributed by atoms with Gasteiger partial charge in [-0.05, 0) is 54.7 Å². The van der Waals surface area contributed by atoms with E-state index in [1.165, 1.54) is 5.56 Å². The molecule has 0 saturated carbocycles. The predicted octanol–water partition coefficient (Wildman–Crippen LogP) is 5.47. The monoisotopic (exact) mass is 370 g/mol. The van der Waals surface area contributed by atoms with E-state index < -0.39 is 4.92 Å². The van der Waals surface area contributed by atoms with Crippen LogP contribution in [0.5, 0.6) is 5.75 Å². The highest BCUT2D eigenvalue weighted by Crippen LogP contribution is 2.51. The first-order chi connectivity index (χ1) is 12.6. The van der Waals surface area contributed by atoms with Gasteiger partial charge >= 0.3 is 0 Å². The average molecular weight is 371 g/mol. The Morgan fingerprint density at radius 1 is 1.31 bits per heavy atom. The van der Waals surface area contributed by atoms with Crippen molar-refractivity contribution in [1.29, 1.82) is 0 Å². The zero-order valence-corrected chi connectivity index (χ0v) is 15.1. The molecule has 3 unspecified atom stereocenters. The van der Waals surface area contributed by atoms with Gasteiger partial charge in [-0.2, -0.15) is 0 Å². The van der Waals surface area contributed by atoms with E-state index in [1.54, 1.807) is 12.1 Å². The van der Waals surface area contributed by atoms with Crippen molar-refractivity contribution in [2.24, 2.45) is 5.92 Å². The quantitative estimate of drug-likeness (QED) is 0.440. The van der Waals surface area contributed by atoms with E-state index in [0.717, 1.165) is 23.4 Å². The Bertz CT molecular complexity index is 897. The second-order valence-corrected chi connectivity index (χ2v) is 7.03. The van der Waals surface area contributed by atoms with Crippen LogP contribution in [0, 0.1) is 16.0 Å². The van der Waals surface area contributed by atoms with Crippen LogP contribution >= 0.6 is 11.6 Å². The van der Waals surface area contributed by atoms with Gasteiger partial charge in [0.25, 0.3) is 5.69 Å². The molecule has 0 radical (unpaired) electrons. The van der Waals surface area contributed by atoms with E-state index >= 15 is 0 Å². The first kappa shape index (κ1) is 16.9. The summed E-state index contributed by atoms with van der Waals surface area (Å²) in [4.78, 5) is 10.8. The van der Waals surface area contributed by atoms with Gasteiger partial charge in [-0.15, -0.1) is 0 Å². The minimum atomic E-state index is -0.429. The highest BCUT2D eigenvalue weighted by molar-refractivity contribution is 6.32. The molecule has 3 atom stereocenters. The number of ether oxygens (including phenoxy) is 1. The van der Waals surface area contributed by atoms with Crippen molar-refractivity contribution >= 4 is 23.0 Å². The molecule has 1 N–H and O–H groups in total. The largest absolute Gasteiger partial charge is 0.494 e. The second-order valence-electron chi connectivity index (χ2n) is 6.63. The Morgan fingerprint density at radius 2 is 2.15 bits per heavy atom. The van der Waals surface area contributed by atoms with Crippen molar-refractivity contribution in [3.63, 3.8) is 0 Å². The number of nitrogens with one attached hydrogen (secondary N) is 1. The summed E-state index contributed by atoms with van der Waals surface area (Å²) < 4.78 is 5.65. The summed E-state index contributed by atoms with van der Waals surface area (Å²) in [6, 6.07) is 11.2. The van der Waals surface area contributed by atoms with Crippen LogP contribution in [-0.2, 0) is 0 Å². The van der Waals surface area contributed by atoms with Gasteiger partial charge in [-0.1, -0.05) is 29.8 Å². The Kier molecular flexibility index (Phi) is 4.32. The first-order valence-electron chi connectivity index (χ1n) is 8.72. The van der Waals surface area contributed by atoms with E-state index in [-0.39, 0.29) is 22.7 Å². The van der Waals surface area contributed by atoms with Crippen molar-refractivity contribution in [3.8, 4) is 5.75 Å².